The molecular formula is C21H22NO3P. The standard InChI is InChI=1S/C21H22NO3P/c1-17-13-15-19(16-14-17)18(2)22-26(23,24-20-9-5-3-6-10-20)25-21-11-7-4-8-12-21/h3-16,18H,1-2H3,(H,22,23)/t18-/m1/s1. The molecule has 3 aromatic rings. The molecule has 0 fully saturated rings. The van der Waals surface area contributed by atoms with Gasteiger partial charge in [0.2, 0.25) is 0 Å². The van der Waals surface area contributed by atoms with Gasteiger partial charge in [0.1, 0.15) is 11.5 Å². The Morgan fingerprint density at radius 3 is 1.69 bits per heavy atom. The van der Waals surface area contributed by atoms with Crippen molar-refractivity contribution < 1.29 is 13.6 Å². The molecule has 0 aliphatic rings. The molecule has 0 heterocycles. The molecule has 1 atom stereocenters. The third-order valence-corrected chi connectivity index (χ3v) is 5.47. The second kappa shape index (κ2) is 8.22. The minimum absolute atomic E-state index is 0.214. The molecule has 0 aliphatic carbocycles. The molecule has 3 aromatic carbocycles. The molecule has 0 aliphatic heterocycles. The van der Waals surface area contributed by atoms with E-state index in [9.17, 15) is 4.57 Å². The first kappa shape index (κ1) is 18.2. The molecule has 134 valence electrons. The van der Waals surface area contributed by atoms with E-state index in [1.807, 2.05) is 74.5 Å². The van der Waals surface area contributed by atoms with Crippen molar-refractivity contribution in [2.75, 3.05) is 0 Å². The topological polar surface area (TPSA) is 47.6 Å². The van der Waals surface area contributed by atoms with Crippen molar-refractivity contribution in [3.05, 3.63) is 96.1 Å². The summed E-state index contributed by atoms with van der Waals surface area (Å²) in [6.07, 6.45) is 0. The molecule has 4 nitrogen and oxygen atoms in total. The number of hydrogen-bond donors (Lipinski definition) is 1. The van der Waals surface area contributed by atoms with Gasteiger partial charge in [0.05, 0.1) is 0 Å². The second-order valence-electron chi connectivity index (χ2n) is 6.07. The Hall–Kier alpha value is -2.55. The number of nitrogens with one attached hydrogen (secondary N) is 1. The number of para-hydroxylation sites is 2. The van der Waals surface area contributed by atoms with E-state index < -0.39 is 7.75 Å². The lowest BCUT2D eigenvalue weighted by molar-refractivity contribution is 0.363. The summed E-state index contributed by atoms with van der Waals surface area (Å²) < 4.78 is 24.9. The largest absolute Gasteiger partial charge is 0.513 e. The van der Waals surface area contributed by atoms with Crippen molar-refractivity contribution in [1.82, 2.24) is 5.09 Å². The van der Waals surface area contributed by atoms with Crippen molar-refractivity contribution in [3.8, 4) is 11.5 Å². The Bertz CT molecular complexity index is 821. The fourth-order valence-electron chi connectivity index (χ4n) is 2.48. The van der Waals surface area contributed by atoms with Gasteiger partial charge in [-0.05, 0) is 43.7 Å². The minimum Gasteiger partial charge on any atom is -0.405 e. The third kappa shape index (κ3) is 4.98. The van der Waals surface area contributed by atoms with Gasteiger partial charge in [-0.25, -0.2) is 4.57 Å². The SMILES string of the molecule is Cc1ccc([C@@H](C)NP(=O)(Oc2ccccc2)Oc2ccccc2)cc1. The van der Waals surface area contributed by atoms with Crippen molar-refractivity contribution >= 4 is 7.75 Å². The van der Waals surface area contributed by atoms with Gasteiger partial charge in [-0.2, -0.15) is 5.09 Å². The lowest BCUT2D eigenvalue weighted by atomic mass is 10.1. The Kier molecular flexibility index (Phi) is 5.77. The van der Waals surface area contributed by atoms with E-state index in [2.05, 4.69) is 5.09 Å². The maximum Gasteiger partial charge on any atom is 0.513 e. The highest BCUT2D eigenvalue weighted by atomic mass is 31.2. The van der Waals surface area contributed by atoms with Gasteiger partial charge >= 0.3 is 7.75 Å². The van der Waals surface area contributed by atoms with Crippen LogP contribution < -0.4 is 14.1 Å². The number of hydrogen-bond acceptors (Lipinski definition) is 3. The normalized spacial score (nSPS) is 12.4. The van der Waals surface area contributed by atoms with E-state index in [0.717, 1.165) is 5.56 Å². The molecule has 0 bridgehead atoms. The van der Waals surface area contributed by atoms with E-state index in [-0.39, 0.29) is 6.04 Å². The van der Waals surface area contributed by atoms with Gasteiger partial charge < -0.3 is 9.05 Å². The minimum atomic E-state index is -3.65. The summed E-state index contributed by atoms with van der Waals surface area (Å²) >= 11 is 0. The Morgan fingerprint density at radius 1 is 0.769 bits per heavy atom. The molecule has 3 rings (SSSR count). The van der Waals surface area contributed by atoms with Crippen LogP contribution in [0.4, 0.5) is 0 Å². The first-order valence-electron chi connectivity index (χ1n) is 8.48. The van der Waals surface area contributed by atoms with Crippen LogP contribution >= 0.6 is 7.75 Å². The van der Waals surface area contributed by atoms with Crippen LogP contribution in [0.25, 0.3) is 0 Å². The van der Waals surface area contributed by atoms with Crippen LogP contribution in [0.15, 0.2) is 84.9 Å². The van der Waals surface area contributed by atoms with Crippen molar-refractivity contribution in [3.63, 3.8) is 0 Å². The highest BCUT2D eigenvalue weighted by Crippen LogP contribution is 2.46. The maximum absolute atomic E-state index is 13.4. The van der Waals surface area contributed by atoms with Gasteiger partial charge in [0.15, 0.2) is 0 Å². The molecular weight excluding hydrogens is 345 g/mol. The van der Waals surface area contributed by atoms with Crippen molar-refractivity contribution in [2.45, 2.75) is 19.9 Å². The molecule has 26 heavy (non-hydrogen) atoms. The summed E-state index contributed by atoms with van der Waals surface area (Å²) in [6, 6.07) is 25.9. The van der Waals surface area contributed by atoms with Gasteiger partial charge in [0.25, 0.3) is 0 Å². The lowest BCUT2D eigenvalue weighted by Crippen LogP contribution is -2.22. The fourth-order valence-corrected chi connectivity index (χ4v) is 4.04. The molecule has 0 aromatic heterocycles. The number of benzene rings is 3. The maximum atomic E-state index is 13.4. The molecule has 0 unspecified atom stereocenters. The summed E-state index contributed by atoms with van der Waals surface area (Å²) in [4.78, 5) is 0. The van der Waals surface area contributed by atoms with Gasteiger partial charge in [-0.15, -0.1) is 0 Å². The molecule has 0 amide bonds. The lowest BCUT2D eigenvalue weighted by Gasteiger charge is -2.24. The summed E-state index contributed by atoms with van der Waals surface area (Å²) in [5.41, 5.74) is 2.18. The van der Waals surface area contributed by atoms with E-state index >= 15 is 0 Å². The van der Waals surface area contributed by atoms with Crippen LogP contribution in [0.3, 0.4) is 0 Å². The highest BCUT2D eigenvalue weighted by molar-refractivity contribution is 7.52. The molecule has 0 saturated heterocycles. The quantitative estimate of drug-likeness (QED) is 0.527. The average Bonchev–Trinajstić information content (AvgIpc) is 2.63. The van der Waals surface area contributed by atoms with Crippen molar-refractivity contribution in [1.29, 1.82) is 0 Å². The van der Waals surface area contributed by atoms with Gasteiger partial charge in [-0.3, -0.25) is 0 Å². The predicted octanol–water partition coefficient (Wildman–Crippen LogP) is 5.91. The zero-order valence-electron chi connectivity index (χ0n) is 14.8. The second-order valence-corrected chi connectivity index (χ2v) is 7.69. The Balaban J connectivity index is 1.84. The monoisotopic (exact) mass is 367 g/mol. The molecule has 0 saturated carbocycles. The van der Waals surface area contributed by atoms with Gasteiger partial charge in [-0.1, -0.05) is 66.2 Å². The third-order valence-electron chi connectivity index (χ3n) is 3.87. The fraction of sp³-hybridized carbons (Fsp3) is 0.143. The highest BCUT2D eigenvalue weighted by Gasteiger charge is 2.31. The van der Waals surface area contributed by atoms with Crippen LogP contribution in [-0.4, -0.2) is 0 Å². The zero-order valence-corrected chi connectivity index (χ0v) is 15.7. The van der Waals surface area contributed by atoms with Crippen LogP contribution in [-0.2, 0) is 4.57 Å². The van der Waals surface area contributed by atoms with Crippen LogP contribution in [0, 0.1) is 6.92 Å². The molecule has 1 N–H and O–H groups in total. The smallest absolute Gasteiger partial charge is 0.405 e. The Labute approximate surface area is 154 Å². The summed E-state index contributed by atoms with van der Waals surface area (Å²) in [5, 5.41) is 3.04. The number of aryl methyl sites for hydroxylation is 1. The van der Waals surface area contributed by atoms with Gasteiger partial charge in [0, 0.05) is 6.04 Å². The van der Waals surface area contributed by atoms with E-state index in [4.69, 9.17) is 9.05 Å². The average molecular weight is 367 g/mol. The van der Waals surface area contributed by atoms with E-state index in [1.54, 1.807) is 24.3 Å². The first-order valence-corrected chi connectivity index (χ1v) is 10.0. The molecule has 0 spiro atoms. The first-order chi connectivity index (χ1) is 12.5. The summed E-state index contributed by atoms with van der Waals surface area (Å²) in [7, 11) is -3.65. The van der Waals surface area contributed by atoms with E-state index in [0.29, 0.717) is 11.5 Å². The zero-order chi connectivity index (χ0) is 18.4. The molecule has 0 radical (unpaired) electrons. The van der Waals surface area contributed by atoms with Crippen molar-refractivity contribution in [2.24, 2.45) is 0 Å². The van der Waals surface area contributed by atoms with Crippen LogP contribution in [0.5, 0.6) is 11.5 Å². The summed E-state index contributed by atoms with van der Waals surface area (Å²) in [5.74, 6) is 0.964. The Morgan fingerprint density at radius 2 is 1.23 bits per heavy atom. The predicted molar refractivity (Wildman–Crippen MR) is 104 cm³/mol. The molecule has 5 heteroatoms. The van der Waals surface area contributed by atoms with E-state index in [1.165, 1.54) is 5.56 Å². The van der Waals surface area contributed by atoms with Crippen LogP contribution in [0.2, 0.25) is 0 Å². The summed E-state index contributed by atoms with van der Waals surface area (Å²) in [6.45, 7) is 3.96. The number of rotatable bonds is 7. The van der Waals surface area contributed by atoms with Crippen LogP contribution in [0.1, 0.15) is 24.1 Å².